The third-order valence-corrected chi connectivity index (χ3v) is 5.98. The van der Waals surface area contributed by atoms with Crippen LogP contribution in [0.3, 0.4) is 0 Å². The molecule has 0 saturated carbocycles. The van der Waals surface area contributed by atoms with Crippen LogP contribution in [0.4, 0.5) is 10.8 Å². The van der Waals surface area contributed by atoms with Crippen molar-refractivity contribution in [1.82, 2.24) is 4.98 Å². The highest BCUT2D eigenvalue weighted by Gasteiger charge is 2.21. The first-order chi connectivity index (χ1) is 15.9. The van der Waals surface area contributed by atoms with Crippen LogP contribution < -0.4 is 9.64 Å². The quantitative estimate of drug-likeness (QED) is 0.233. The number of benzene rings is 2. The number of allylic oxidation sites excluding steroid dienone is 1. The number of para-hydroxylation sites is 2. The fourth-order valence-corrected chi connectivity index (χ4v) is 4.51. The van der Waals surface area contributed by atoms with E-state index in [9.17, 15) is 9.59 Å². The summed E-state index contributed by atoms with van der Waals surface area (Å²) >= 11 is 1.35. The molecule has 0 N–H and O–H groups in total. The molecule has 0 spiro atoms. The molecular formula is C26H24N2O4S. The minimum Gasteiger partial charge on any atom is -0.490 e. The Morgan fingerprint density at radius 2 is 1.88 bits per heavy atom. The Morgan fingerprint density at radius 3 is 2.58 bits per heavy atom. The van der Waals surface area contributed by atoms with Gasteiger partial charge in [0, 0.05) is 17.7 Å². The van der Waals surface area contributed by atoms with E-state index in [-0.39, 0.29) is 17.5 Å². The predicted molar refractivity (Wildman–Crippen MR) is 132 cm³/mol. The zero-order valence-electron chi connectivity index (χ0n) is 18.9. The van der Waals surface area contributed by atoms with Crippen LogP contribution >= 0.6 is 11.3 Å². The number of aromatic nitrogens is 1. The van der Waals surface area contributed by atoms with Gasteiger partial charge in [-0.1, -0.05) is 30.3 Å². The largest absolute Gasteiger partial charge is 0.490 e. The smallest absolute Gasteiger partial charge is 0.230 e. The molecule has 2 aromatic heterocycles. The van der Waals surface area contributed by atoms with Crippen molar-refractivity contribution in [1.29, 1.82) is 0 Å². The topological polar surface area (TPSA) is 72.6 Å². The molecule has 0 bridgehead atoms. The fraction of sp³-hybridized carbons (Fsp3) is 0.192. The van der Waals surface area contributed by atoms with Gasteiger partial charge in [0.15, 0.2) is 22.2 Å². The Labute approximate surface area is 196 Å². The molecule has 4 aromatic rings. The first kappa shape index (κ1) is 22.5. The van der Waals surface area contributed by atoms with E-state index < -0.39 is 0 Å². The lowest BCUT2D eigenvalue weighted by molar-refractivity contribution is -0.115. The number of nitrogens with zero attached hydrogens (tertiary/aromatic N) is 2. The Hall–Kier alpha value is -3.71. The number of hydrogen-bond donors (Lipinski definition) is 0. The van der Waals surface area contributed by atoms with E-state index in [1.807, 2.05) is 62.5 Å². The molecule has 0 aliphatic rings. The maximum absolute atomic E-state index is 12.7. The normalized spacial score (nSPS) is 11.3. The summed E-state index contributed by atoms with van der Waals surface area (Å²) < 4.78 is 11.3. The van der Waals surface area contributed by atoms with Crippen LogP contribution in [0.5, 0.6) is 5.75 Å². The maximum Gasteiger partial charge on any atom is 0.230 e. The van der Waals surface area contributed by atoms with Gasteiger partial charge in [0.25, 0.3) is 0 Å². The molecule has 7 heteroatoms. The molecule has 0 radical (unpaired) electrons. The third kappa shape index (κ3) is 4.59. The van der Waals surface area contributed by atoms with Gasteiger partial charge < -0.3 is 9.15 Å². The number of amides is 1. The summed E-state index contributed by atoms with van der Waals surface area (Å²) in [7, 11) is 0. The molecule has 6 nitrogen and oxygen atoms in total. The van der Waals surface area contributed by atoms with Gasteiger partial charge >= 0.3 is 0 Å². The van der Waals surface area contributed by atoms with Gasteiger partial charge in [-0.3, -0.25) is 14.5 Å². The van der Waals surface area contributed by atoms with Crippen molar-refractivity contribution in [3.8, 4) is 5.75 Å². The summed E-state index contributed by atoms with van der Waals surface area (Å²) in [4.78, 5) is 31.4. The molecule has 0 atom stereocenters. The van der Waals surface area contributed by atoms with Crippen LogP contribution in [0.1, 0.15) is 41.2 Å². The monoisotopic (exact) mass is 460 g/mol. The summed E-state index contributed by atoms with van der Waals surface area (Å²) in [5, 5.41) is 3.17. The summed E-state index contributed by atoms with van der Waals surface area (Å²) in [6, 6.07) is 13.1. The van der Waals surface area contributed by atoms with Crippen molar-refractivity contribution in [3.63, 3.8) is 0 Å². The lowest BCUT2D eigenvalue weighted by atomic mass is 10.1. The van der Waals surface area contributed by atoms with Crippen LogP contribution in [-0.4, -0.2) is 23.3 Å². The van der Waals surface area contributed by atoms with Crippen LogP contribution in [0, 0.1) is 13.8 Å². The highest BCUT2D eigenvalue weighted by Crippen LogP contribution is 2.34. The van der Waals surface area contributed by atoms with E-state index in [1.54, 1.807) is 17.0 Å². The molecule has 0 aliphatic heterocycles. The first-order valence-electron chi connectivity index (χ1n) is 10.6. The van der Waals surface area contributed by atoms with E-state index >= 15 is 0 Å². The van der Waals surface area contributed by atoms with E-state index in [0.717, 1.165) is 22.2 Å². The molecule has 168 valence electrons. The number of anilines is 2. The minimum absolute atomic E-state index is 0.124. The third-order valence-electron chi connectivity index (χ3n) is 5.14. The zero-order valence-corrected chi connectivity index (χ0v) is 19.7. The summed E-state index contributed by atoms with van der Waals surface area (Å²) in [6.07, 6.45) is 3.05. The Balaban J connectivity index is 1.58. The molecule has 1 amide bonds. The van der Waals surface area contributed by atoms with Crippen molar-refractivity contribution >= 4 is 50.9 Å². The van der Waals surface area contributed by atoms with Gasteiger partial charge in [0.05, 0.1) is 18.0 Å². The highest BCUT2D eigenvalue weighted by atomic mass is 32.1. The molecule has 0 saturated heterocycles. The van der Waals surface area contributed by atoms with Gasteiger partial charge in [0.1, 0.15) is 0 Å². The summed E-state index contributed by atoms with van der Waals surface area (Å²) in [5.74, 6) is 0.435. The Bertz CT molecular complexity index is 1350. The molecule has 33 heavy (non-hydrogen) atoms. The van der Waals surface area contributed by atoms with Crippen LogP contribution in [-0.2, 0) is 4.79 Å². The van der Waals surface area contributed by atoms with E-state index in [4.69, 9.17) is 9.15 Å². The van der Waals surface area contributed by atoms with Gasteiger partial charge in [-0.25, -0.2) is 4.98 Å². The number of ketones is 1. The first-order valence-corrected chi connectivity index (χ1v) is 11.5. The number of thiazole rings is 1. The van der Waals surface area contributed by atoms with E-state index in [1.165, 1.54) is 24.3 Å². The number of rotatable bonds is 7. The van der Waals surface area contributed by atoms with Gasteiger partial charge in [-0.15, -0.1) is 11.3 Å². The number of hydrogen-bond acceptors (Lipinski definition) is 6. The molecule has 4 rings (SSSR count). The number of ether oxygens (including phenoxy) is 1. The van der Waals surface area contributed by atoms with Crippen molar-refractivity contribution < 1.29 is 18.7 Å². The molecule has 2 heterocycles. The molecule has 0 unspecified atom stereocenters. The van der Waals surface area contributed by atoms with Crippen molar-refractivity contribution in [3.05, 3.63) is 76.5 Å². The molecular weight excluding hydrogens is 436 g/mol. The zero-order chi connectivity index (χ0) is 23.5. The maximum atomic E-state index is 12.7. The average Bonchev–Trinajstić information content (AvgIpc) is 3.42. The molecule has 0 aliphatic carbocycles. The van der Waals surface area contributed by atoms with Gasteiger partial charge in [-0.2, -0.15) is 0 Å². The number of carbonyl (C=O) groups is 2. The second-order valence-electron chi connectivity index (χ2n) is 7.57. The van der Waals surface area contributed by atoms with E-state index in [2.05, 4.69) is 4.98 Å². The van der Waals surface area contributed by atoms with Crippen LogP contribution in [0.25, 0.3) is 17.0 Å². The van der Waals surface area contributed by atoms with E-state index in [0.29, 0.717) is 28.8 Å². The minimum atomic E-state index is -0.277. The number of fused-ring (bicyclic) bond motifs is 1. The number of aryl methyl sites for hydroxylation is 2. The Morgan fingerprint density at radius 1 is 1.15 bits per heavy atom. The summed E-state index contributed by atoms with van der Waals surface area (Å²) in [5.41, 5.74) is 3.95. The van der Waals surface area contributed by atoms with Crippen molar-refractivity contribution in [2.24, 2.45) is 0 Å². The van der Waals surface area contributed by atoms with Crippen molar-refractivity contribution in [2.45, 2.75) is 27.7 Å². The second kappa shape index (κ2) is 9.42. The molecule has 0 fully saturated rings. The number of carbonyl (C=O) groups excluding carboxylic acids is 2. The van der Waals surface area contributed by atoms with Gasteiger partial charge in [-0.05, 0) is 56.2 Å². The van der Waals surface area contributed by atoms with Crippen LogP contribution in [0.2, 0.25) is 0 Å². The van der Waals surface area contributed by atoms with Crippen molar-refractivity contribution in [2.75, 3.05) is 11.5 Å². The van der Waals surface area contributed by atoms with Crippen LogP contribution in [0.15, 0.2) is 58.3 Å². The second-order valence-corrected chi connectivity index (χ2v) is 8.40. The highest BCUT2D eigenvalue weighted by molar-refractivity contribution is 7.14. The fourth-order valence-electron chi connectivity index (χ4n) is 3.67. The lowest BCUT2D eigenvalue weighted by Crippen LogP contribution is -2.24. The predicted octanol–water partition coefficient (Wildman–Crippen LogP) is 6.49. The van der Waals surface area contributed by atoms with Gasteiger partial charge in [0.2, 0.25) is 11.7 Å². The molecule has 2 aromatic carbocycles. The standard InChI is InChI=1S/C26H24N2O4S/c1-5-31-22-11-7-10-19-14-23(32-25(19)22)21(30)13-12-20-15-33-26(27-20)28(18(4)29)24-16(2)8-6-9-17(24)3/h6-15H,5H2,1-4H3/b13-12+. The summed E-state index contributed by atoms with van der Waals surface area (Å²) in [6.45, 7) is 7.86. The number of furan rings is 1. The SMILES string of the molecule is CCOc1cccc2cc(C(=O)/C=C/c3csc(N(C(C)=O)c4c(C)cccc4C)n3)oc12. The Kier molecular flexibility index (Phi) is 6.42. The average molecular weight is 461 g/mol. The lowest BCUT2D eigenvalue weighted by Gasteiger charge is -2.22.